The van der Waals surface area contributed by atoms with Gasteiger partial charge in [0.1, 0.15) is 18.1 Å². The monoisotopic (exact) mass is 371 g/mol. The molecule has 140 valence electrons. The van der Waals surface area contributed by atoms with Crippen molar-refractivity contribution in [3.8, 4) is 0 Å². The smallest absolute Gasteiger partial charge is 0.314 e. The van der Waals surface area contributed by atoms with Crippen molar-refractivity contribution in [2.45, 2.75) is 24.7 Å². The molecule has 2 saturated heterocycles. The number of carbonyl (C=O) groups excluding carboxylic acids is 1. The maximum absolute atomic E-state index is 13.1. The van der Waals surface area contributed by atoms with Crippen molar-refractivity contribution >= 4 is 11.7 Å². The van der Waals surface area contributed by atoms with Gasteiger partial charge < -0.3 is 4.74 Å². The number of esters is 1. The molecular formula is C24H21NO3. The fraction of sp³-hybridized carbons (Fsp3) is 0.208. The maximum Gasteiger partial charge on any atom is 0.314 e. The third-order valence-electron chi connectivity index (χ3n) is 5.54. The molecule has 4 heteroatoms. The van der Waals surface area contributed by atoms with Gasteiger partial charge in [0.25, 0.3) is 0 Å². The zero-order valence-corrected chi connectivity index (χ0v) is 15.3. The molecule has 0 bridgehead atoms. The topological polar surface area (TPSA) is 38.8 Å². The average Bonchev–Trinajstić information content (AvgIpc) is 3.16. The van der Waals surface area contributed by atoms with Gasteiger partial charge in [-0.2, -0.15) is 0 Å². The third kappa shape index (κ3) is 2.96. The Morgan fingerprint density at radius 1 is 0.750 bits per heavy atom. The number of benzene rings is 3. The molecule has 3 aromatic rings. The van der Waals surface area contributed by atoms with Gasteiger partial charge in [0.2, 0.25) is 0 Å². The van der Waals surface area contributed by atoms with Crippen molar-refractivity contribution in [1.82, 2.24) is 0 Å². The summed E-state index contributed by atoms with van der Waals surface area (Å²) in [5.74, 6) is -0.556. The lowest BCUT2D eigenvalue weighted by molar-refractivity contribution is -0.167. The molecule has 0 spiro atoms. The van der Waals surface area contributed by atoms with Crippen LogP contribution in [-0.2, 0) is 14.4 Å². The number of hydrogen-bond donors (Lipinski definition) is 0. The van der Waals surface area contributed by atoms with Crippen LogP contribution in [0.25, 0.3) is 0 Å². The number of hydrogen-bond acceptors (Lipinski definition) is 4. The van der Waals surface area contributed by atoms with E-state index in [9.17, 15) is 4.79 Å². The Morgan fingerprint density at radius 2 is 1.32 bits per heavy atom. The molecule has 2 aliphatic heterocycles. The van der Waals surface area contributed by atoms with Crippen LogP contribution in [0.4, 0.5) is 5.69 Å². The summed E-state index contributed by atoms with van der Waals surface area (Å²) in [6.07, 6.45) is 0.145. The molecule has 0 aliphatic carbocycles. The van der Waals surface area contributed by atoms with E-state index in [1.807, 2.05) is 96.1 Å². The van der Waals surface area contributed by atoms with E-state index in [-0.39, 0.29) is 30.1 Å². The van der Waals surface area contributed by atoms with Crippen LogP contribution in [0, 0.1) is 5.92 Å². The van der Waals surface area contributed by atoms with E-state index in [2.05, 4.69) is 0 Å². The van der Waals surface area contributed by atoms with Gasteiger partial charge in [0.15, 0.2) is 0 Å². The summed E-state index contributed by atoms with van der Waals surface area (Å²) in [4.78, 5) is 19.5. The predicted molar refractivity (Wildman–Crippen MR) is 106 cm³/mol. The van der Waals surface area contributed by atoms with E-state index in [1.165, 1.54) is 0 Å². The minimum absolute atomic E-state index is 0.197. The van der Waals surface area contributed by atoms with E-state index >= 15 is 0 Å². The summed E-state index contributed by atoms with van der Waals surface area (Å²) in [5, 5.41) is 1.89. The summed E-state index contributed by atoms with van der Waals surface area (Å²) in [6.45, 7) is 0. The van der Waals surface area contributed by atoms with Crippen molar-refractivity contribution in [2.24, 2.45) is 5.92 Å². The lowest BCUT2D eigenvalue weighted by Crippen LogP contribution is -2.37. The van der Waals surface area contributed by atoms with E-state index in [1.54, 1.807) is 0 Å². The third-order valence-corrected chi connectivity index (χ3v) is 5.54. The molecule has 0 N–H and O–H groups in total. The van der Waals surface area contributed by atoms with E-state index < -0.39 is 0 Å². The number of carbonyl (C=O) groups is 1. The number of ether oxygens (including phenoxy) is 1. The van der Waals surface area contributed by atoms with Crippen LogP contribution < -0.4 is 5.06 Å². The first-order valence-electron chi connectivity index (χ1n) is 9.63. The summed E-state index contributed by atoms with van der Waals surface area (Å²) in [6, 6.07) is 29.7. The van der Waals surface area contributed by atoms with Crippen LogP contribution in [0.15, 0.2) is 91.0 Å². The molecule has 2 heterocycles. The highest BCUT2D eigenvalue weighted by Crippen LogP contribution is 2.48. The van der Waals surface area contributed by atoms with E-state index in [0.29, 0.717) is 6.42 Å². The first-order chi connectivity index (χ1) is 13.8. The number of fused-ring (bicyclic) bond motifs is 1. The lowest BCUT2D eigenvalue weighted by Gasteiger charge is -2.31. The normalized spacial score (nSPS) is 26.6. The van der Waals surface area contributed by atoms with E-state index in [4.69, 9.17) is 9.57 Å². The number of cyclic esters (lactones) is 1. The Balaban J connectivity index is 1.52. The number of rotatable bonds is 3. The van der Waals surface area contributed by atoms with Crippen LogP contribution in [0.5, 0.6) is 0 Å². The first kappa shape index (κ1) is 17.0. The Morgan fingerprint density at radius 3 is 1.96 bits per heavy atom. The minimum atomic E-state index is -0.359. The van der Waals surface area contributed by atoms with Gasteiger partial charge in [0, 0.05) is 6.42 Å². The second-order valence-electron chi connectivity index (χ2n) is 7.26. The second kappa shape index (κ2) is 7.13. The number of nitrogens with zero attached hydrogens (tertiary/aromatic N) is 1. The summed E-state index contributed by atoms with van der Waals surface area (Å²) >= 11 is 0. The van der Waals surface area contributed by atoms with Crippen LogP contribution in [0.3, 0.4) is 0 Å². The summed E-state index contributed by atoms with van der Waals surface area (Å²) in [7, 11) is 0. The van der Waals surface area contributed by atoms with Crippen molar-refractivity contribution in [2.75, 3.05) is 5.06 Å². The Hall–Kier alpha value is -3.11. The molecule has 4 unspecified atom stereocenters. The molecule has 5 rings (SSSR count). The quantitative estimate of drug-likeness (QED) is 0.617. The van der Waals surface area contributed by atoms with E-state index in [0.717, 1.165) is 16.8 Å². The molecule has 2 fully saturated rings. The van der Waals surface area contributed by atoms with Crippen molar-refractivity contribution in [1.29, 1.82) is 0 Å². The molecule has 0 aromatic heterocycles. The van der Waals surface area contributed by atoms with Gasteiger partial charge in [-0.15, -0.1) is 0 Å². The molecular weight excluding hydrogens is 350 g/mol. The molecule has 0 amide bonds. The Labute approximate surface area is 164 Å². The first-order valence-corrected chi connectivity index (χ1v) is 9.63. The highest BCUT2D eigenvalue weighted by Gasteiger charge is 2.53. The standard InChI is InChI=1S/C24H21NO3/c26-24-22-21(16-20(27-24)17-10-4-1-5-11-17)28-25(19-14-8-3-9-15-19)23(22)18-12-6-2-7-13-18/h1-15,20-23H,16H2. The maximum atomic E-state index is 13.1. The van der Waals surface area contributed by atoms with Gasteiger partial charge >= 0.3 is 5.97 Å². The van der Waals surface area contributed by atoms with Gasteiger partial charge in [0.05, 0.1) is 11.7 Å². The molecule has 2 aliphatic rings. The second-order valence-corrected chi connectivity index (χ2v) is 7.26. The van der Waals surface area contributed by atoms with Gasteiger partial charge in [-0.05, 0) is 23.3 Å². The lowest BCUT2D eigenvalue weighted by atomic mass is 9.84. The van der Waals surface area contributed by atoms with Gasteiger partial charge in [-0.1, -0.05) is 78.9 Å². The fourth-order valence-electron chi connectivity index (χ4n) is 4.24. The average molecular weight is 371 g/mol. The summed E-state index contributed by atoms with van der Waals surface area (Å²) < 4.78 is 5.88. The Kier molecular flexibility index (Phi) is 4.34. The number of hydroxylamine groups is 1. The van der Waals surface area contributed by atoms with Crippen LogP contribution >= 0.6 is 0 Å². The molecule has 0 radical (unpaired) electrons. The van der Waals surface area contributed by atoms with Crippen LogP contribution in [0.2, 0.25) is 0 Å². The zero-order valence-electron chi connectivity index (χ0n) is 15.3. The number of para-hydroxylation sites is 1. The highest BCUT2D eigenvalue weighted by atomic mass is 16.7. The molecule has 28 heavy (non-hydrogen) atoms. The highest BCUT2D eigenvalue weighted by molar-refractivity contribution is 5.77. The minimum Gasteiger partial charge on any atom is -0.457 e. The Bertz CT molecular complexity index is 945. The summed E-state index contributed by atoms with van der Waals surface area (Å²) in [5.41, 5.74) is 3.00. The van der Waals surface area contributed by atoms with Gasteiger partial charge in [-0.3, -0.25) is 9.63 Å². The van der Waals surface area contributed by atoms with Crippen LogP contribution in [0.1, 0.15) is 29.7 Å². The van der Waals surface area contributed by atoms with Crippen molar-refractivity contribution in [3.05, 3.63) is 102 Å². The zero-order chi connectivity index (χ0) is 18.9. The predicted octanol–water partition coefficient (Wildman–Crippen LogP) is 4.85. The fourth-order valence-corrected chi connectivity index (χ4v) is 4.24. The largest absolute Gasteiger partial charge is 0.457 e. The molecule has 4 nitrogen and oxygen atoms in total. The van der Waals surface area contributed by atoms with Gasteiger partial charge in [-0.25, -0.2) is 5.06 Å². The van der Waals surface area contributed by atoms with Crippen molar-refractivity contribution < 1.29 is 14.4 Å². The van der Waals surface area contributed by atoms with Crippen LogP contribution in [-0.4, -0.2) is 12.1 Å². The molecule has 3 aromatic carbocycles. The SMILES string of the molecule is O=C1OC(c2ccccc2)CC2ON(c3ccccc3)C(c3ccccc3)C12. The number of anilines is 1. The van der Waals surface area contributed by atoms with Crippen molar-refractivity contribution in [3.63, 3.8) is 0 Å². The molecule has 4 atom stereocenters. The molecule has 0 saturated carbocycles.